The van der Waals surface area contributed by atoms with E-state index in [1.54, 1.807) is 24.1 Å². The molecule has 29 heavy (non-hydrogen) atoms. The Morgan fingerprint density at radius 3 is 2.69 bits per heavy atom. The van der Waals surface area contributed by atoms with Crippen LogP contribution in [0.3, 0.4) is 0 Å². The molecule has 0 unspecified atom stereocenters. The van der Waals surface area contributed by atoms with Gasteiger partial charge in [-0.15, -0.1) is 0 Å². The number of hydrogen-bond acceptors (Lipinski definition) is 5. The van der Waals surface area contributed by atoms with Gasteiger partial charge < -0.3 is 15.4 Å². The van der Waals surface area contributed by atoms with Crippen molar-refractivity contribution < 1.29 is 9.53 Å². The fraction of sp³-hybridized carbons (Fsp3) is 0.318. The van der Waals surface area contributed by atoms with E-state index in [-0.39, 0.29) is 5.91 Å². The zero-order valence-corrected chi connectivity index (χ0v) is 17.0. The molecule has 0 atom stereocenters. The molecule has 0 spiro atoms. The van der Waals surface area contributed by atoms with Crippen molar-refractivity contribution in [1.82, 2.24) is 19.7 Å². The summed E-state index contributed by atoms with van der Waals surface area (Å²) in [4.78, 5) is 19.5. The van der Waals surface area contributed by atoms with Crippen molar-refractivity contribution in [1.29, 1.82) is 0 Å². The molecular weight excluding hydrogens is 366 g/mol. The first kappa shape index (κ1) is 19.1. The highest BCUT2D eigenvalue weighted by atomic mass is 16.5. The number of benzene rings is 1. The van der Waals surface area contributed by atoms with Gasteiger partial charge >= 0.3 is 0 Å². The molecule has 4 rings (SSSR count). The lowest BCUT2D eigenvalue weighted by atomic mass is 9.88. The van der Waals surface area contributed by atoms with Gasteiger partial charge in [-0.05, 0) is 48.2 Å². The van der Waals surface area contributed by atoms with E-state index in [0.717, 1.165) is 51.4 Å². The summed E-state index contributed by atoms with van der Waals surface area (Å²) in [7, 11) is 3.53. The number of methoxy groups -OCH3 is 1. The van der Waals surface area contributed by atoms with E-state index >= 15 is 0 Å². The first-order chi connectivity index (χ1) is 14.0. The number of aryl methyl sites for hydroxylation is 2. The van der Waals surface area contributed by atoms with Gasteiger partial charge in [-0.2, -0.15) is 5.10 Å². The van der Waals surface area contributed by atoms with Crippen LogP contribution in [0.25, 0.3) is 11.1 Å². The van der Waals surface area contributed by atoms with Crippen LogP contribution >= 0.6 is 0 Å². The number of rotatable bonds is 5. The minimum absolute atomic E-state index is 0.00830. The normalized spacial score (nSPS) is 13.5. The number of nitrogens with two attached hydrogens (primary N) is 1. The third-order valence-electron chi connectivity index (χ3n) is 5.37. The summed E-state index contributed by atoms with van der Waals surface area (Å²) in [5.41, 5.74) is 12.5. The van der Waals surface area contributed by atoms with E-state index in [0.29, 0.717) is 19.6 Å². The molecule has 1 aromatic carbocycles. The van der Waals surface area contributed by atoms with Crippen molar-refractivity contribution in [3.05, 3.63) is 64.7 Å². The second-order valence-corrected chi connectivity index (χ2v) is 7.34. The van der Waals surface area contributed by atoms with Crippen molar-refractivity contribution in [2.24, 2.45) is 12.8 Å². The predicted molar refractivity (Wildman–Crippen MR) is 111 cm³/mol. The van der Waals surface area contributed by atoms with Crippen molar-refractivity contribution in [3.8, 4) is 16.9 Å². The Bertz CT molecular complexity index is 1070. The molecule has 3 aromatic rings. The monoisotopic (exact) mass is 391 g/mol. The maximum absolute atomic E-state index is 13.3. The summed E-state index contributed by atoms with van der Waals surface area (Å²) in [5, 5.41) is 4.47. The van der Waals surface area contributed by atoms with Crippen molar-refractivity contribution >= 4 is 5.91 Å². The lowest BCUT2D eigenvalue weighted by Gasteiger charge is -2.30. The Morgan fingerprint density at radius 2 is 2.00 bits per heavy atom. The second kappa shape index (κ2) is 7.67. The number of pyridine rings is 1. The molecule has 0 saturated heterocycles. The number of nitrogens with zero attached hydrogens (tertiary/aromatic N) is 4. The summed E-state index contributed by atoms with van der Waals surface area (Å²) >= 11 is 0. The zero-order chi connectivity index (χ0) is 20.5. The molecule has 1 aliphatic rings. The van der Waals surface area contributed by atoms with Crippen LogP contribution in [0.1, 0.15) is 32.9 Å². The maximum atomic E-state index is 13.3. The lowest BCUT2D eigenvalue weighted by molar-refractivity contribution is 0.0725. The van der Waals surface area contributed by atoms with Gasteiger partial charge in [0.15, 0.2) is 0 Å². The third kappa shape index (κ3) is 3.61. The summed E-state index contributed by atoms with van der Waals surface area (Å²) in [6, 6.07) is 7.68. The van der Waals surface area contributed by atoms with Gasteiger partial charge in [0.25, 0.3) is 5.91 Å². The molecule has 0 saturated carbocycles. The summed E-state index contributed by atoms with van der Waals surface area (Å²) in [6.07, 6.45) is 4.48. The molecule has 2 N–H and O–H groups in total. The smallest absolute Gasteiger partial charge is 0.254 e. The van der Waals surface area contributed by atoms with E-state index in [2.05, 4.69) is 16.1 Å². The average molecular weight is 391 g/mol. The molecule has 150 valence electrons. The third-order valence-corrected chi connectivity index (χ3v) is 5.37. The van der Waals surface area contributed by atoms with Crippen LogP contribution in [0.5, 0.6) is 5.75 Å². The predicted octanol–water partition coefficient (Wildman–Crippen LogP) is 2.46. The molecule has 1 aliphatic heterocycles. The van der Waals surface area contributed by atoms with Gasteiger partial charge in [-0.25, -0.2) is 0 Å². The van der Waals surface area contributed by atoms with E-state index in [4.69, 9.17) is 10.5 Å². The first-order valence-corrected chi connectivity index (χ1v) is 9.65. The summed E-state index contributed by atoms with van der Waals surface area (Å²) in [5.74, 6) is 0.744. The highest BCUT2D eigenvalue weighted by Gasteiger charge is 2.28. The molecule has 3 heterocycles. The Morgan fingerprint density at radius 1 is 1.21 bits per heavy atom. The largest absolute Gasteiger partial charge is 0.497 e. The van der Waals surface area contributed by atoms with Crippen LogP contribution in [0.2, 0.25) is 0 Å². The number of aromatic nitrogens is 3. The van der Waals surface area contributed by atoms with Crippen molar-refractivity contribution in [2.45, 2.75) is 26.4 Å². The molecule has 0 radical (unpaired) electrons. The van der Waals surface area contributed by atoms with Crippen molar-refractivity contribution in [2.75, 3.05) is 13.7 Å². The van der Waals surface area contributed by atoms with Crippen LogP contribution < -0.4 is 10.5 Å². The van der Waals surface area contributed by atoms with E-state index in [1.165, 1.54) is 0 Å². The van der Waals surface area contributed by atoms with Gasteiger partial charge in [-0.1, -0.05) is 0 Å². The van der Waals surface area contributed by atoms with Crippen LogP contribution in [-0.4, -0.2) is 39.2 Å². The fourth-order valence-corrected chi connectivity index (χ4v) is 3.95. The van der Waals surface area contributed by atoms with Gasteiger partial charge in [0.1, 0.15) is 5.75 Å². The number of carbonyl (C=O) groups is 1. The molecular formula is C22H25N5O2. The van der Waals surface area contributed by atoms with E-state index in [9.17, 15) is 4.79 Å². The van der Waals surface area contributed by atoms with Crippen LogP contribution in [0.15, 0.2) is 36.7 Å². The molecule has 7 heteroatoms. The molecule has 0 bridgehead atoms. The number of carbonyl (C=O) groups excluding carboxylic acids is 1. The minimum atomic E-state index is 0.00830. The highest BCUT2D eigenvalue weighted by molar-refractivity contribution is 5.99. The van der Waals surface area contributed by atoms with E-state index in [1.807, 2.05) is 37.2 Å². The number of amides is 1. The second-order valence-electron chi connectivity index (χ2n) is 7.34. The molecule has 7 nitrogen and oxygen atoms in total. The van der Waals surface area contributed by atoms with Crippen LogP contribution in [0, 0.1) is 6.92 Å². The molecule has 0 aliphatic carbocycles. The van der Waals surface area contributed by atoms with E-state index < -0.39 is 0 Å². The average Bonchev–Trinajstić information content (AvgIpc) is 3.07. The number of hydrogen-bond donors (Lipinski definition) is 1. The number of ether oxygens (including phenoxy) is 1. The molecule has 0 fully saturated rings. The first-order valence-electron chi connectivity index (χ1n) is 9.65. The lowest BCUT2D eigenvalue weighted by Crippen LogP contribution is -2.37. The Balaban J connectivity index is 1.71. The van der Waals surface area contributed by atoms with Gasteiger partial charge in [-0.3, -0.25) is 14.5 Å². The van der Waals surface area contributed by atoms with Crippen LogP contribution in [-0.2, 0) is 26.6 Å². The number of fused-ring (bicyclic) bond motifs is 1. The topological polar surface area (TPSA) is 86.3 Å². The van der Waals surface area contributed by atoms with Crippen molar-refractivity contribution in [3.63, 3.8) is 0 Å². The quantitative estimate of drug-likeness (QED) is 0.722. The van der Waals surface area contributed by atoms with Gasteiger partial charge in [0.05, 0.1) is 25.0 Å². The van der Waals surface area contributed by atoms with Gasteiger partial charge in [0, 0.05) is 49.7 Å². The SMILES string of the molecule is COc1ccnc(CN2CCc3c(cc(CN)cc3-c3cn(C)nc3C)C2=O)c1. The van der Waals surface area contributed by atoms with Gasteiger partial charge in [0.2, 0.25) is 0 Å². The van der Waals surface area contributed by atoms with Crippen LogP contribution in [0.4, 0.5) is 0 Å². The molecule has 2 aromatic heterocycles. The Labute approximate surface area is 170 Å². The highest BCUT2D eigenvalue weighted by Crippen LogP contribution is 2.33. The Kier molecular flexibility index (Phi) is 5.07. The zero-order valence-electron chi connectivity index (χ0n) is 17.0. The maximum Gasteiger partial charge on any atom is 0.254 e. The minimum Gasteiger partial charge on any atom is -0.497 e. The standard InChI is InChI=1S/C22H25N5O2/c1-14-21(13-26(2)25-14)19-8-15(11-23)9-20-18(19)5-7-27(22(20)28)12-16-10-17(29-3)4-6-24-16/h4,6,8-10,13H,5,7,11-12,23H2,1-3H3. The fourth-order valence-electron chi connectivity index (χ4n) is 3.95. The molecule has 1 amide bonds. The Hall–Kier alpha value is -3.19. The summed E-state index contributed by atoms with van der Waals surface area (Å²) in [6.45, 7) is 3.45. The summed E-state index contributed by atoms with van der Waals surface area (Å²) < 4.78 is 7.07.